The zero-order valence-corrected chi connectivity index (χ0v) is 19.6. The fraction of sp³-hybridized carbons (Fsp3) is 0.259. The number of ether oxygens (including phenoxy) is 1. The van der Waals surface area contributed by atoms with Crippen LogP contribution in [0.2, 0.25) is 0 Å². The number of carbonyl (C=O) groups is 1. The molecule has 1 fully saturated rings. The Morgan fingerprint density at radius 1 is 0.939 bits per heavy atom. The van der Waals surface area contributed by atoms with Crippen molar-refractivity contribution < 1.29 is 9.53 Å². The summed E-state index contributed by atoms with van der Waals surface area (Å²) in [5.41, 5.74) is 5.48. The van der Waals surface area contributed by atoms with Crippen molar-refractivity contribution in [1.29, 1.82) is 0 Å². The van der Waals surface area contributed by atoms with E-state index < -0.39 is 0 Å². The van der Waals surface area contributed by atoms with E-state index in [1.54, 1.807) is 11.3 Å². The number of amides is 1. The fourth-order valence-electron chi connectivity index (χ4n) is 4.98. The van der Waals surface area contributed by atoms with Crippen LogP contribution in [-0.4, -0.2) is 42.0 Å². The molecule has 1 aromatic heterocycles. The summed E-state index contributed by atoms with van der Waals surface area (Å²) >= 11 is 1.75. The number of piperazine rings is 1. The molecule has 5 nitrogen and oxygen atoms in total. The lowest BCUT2D eigenvalue weighted by Crippen LogP contribution is -2.50. The van der Waals surface area contributed by atoms with Gasteiger partial charge in [0, 0.05) is 37.3 Å². The van der Waals surface area contributed by atoms with Crippen molar-refractivity contribution in [2.24, 2.45) is 0 Å². The summed E-state index contributed by atoms with van der Waals surface area (Å²) < 4.78 is 7.34. The van der Waals surface area contributed by atoms with Gasteiger partial charge in [-0.3, -0.25) is 4.79 Å². The topological polar surface area (TPSA) is 45.7 Å². The summed E-state index contributed by atoms with van der Waals surface area (Å²) in [5.74, 6) is 1.36. The molecule has 1 amide bonds. The lowest BCUT2D eigenvalue weighted by Gasteiger charge is -2.37. The van der Waals surface area contributed by atoms with Crippen LogP contribution in [0.25, 0.3) is 10.2 Å². The summed E-state index contributed by atoms with van der Waals surface area (Å²) in [7, 11) is 0. The normalized spacial score (nSPS) is 15.8. The van der Waals surface area contributed by atoms with E-state index in [9.17, 15) is 4.79 Å². The van der Waals surface area contributed by atoms with Crippen molar-refractivity contribution in [3.63, 3.8) is 0 Å². The lowest BCUT2D eigenvalue weighted by molar-refractivity contribution is -0.132. The Morgan fingerprint density at radius 2 is 1.58 bits per heavy atom. The van der Waals surface area contributed by atoms with Gasteiger partial charge in [-0.1, -0.05) is 53.8 Å². The number of thiazole rings is 1. The summed E-state index contributed by atoms with van der Waals surface area (Å²) in [6, 6.07) is 20.1. The van der Waals surface area contributed by atoms with Gasteiger partial charge in [0.1, 0.15) is 11.5 Å². The summed E-state index contributed by atoms with van der Waals surface area (Å²) in [5, 5.41) is 1.05. The van der Waals surface area contributed by atoms with E-state index in [4.69, 9.17) is 9.72 Å². The number of nitrogens with zero attached hydrogens (tertiary/aromatic N) is 3. The van der Waals surface area contributed by atoms with Crippen molar-refractivity contribution in [2.45, 2.75) is 19.8 Å². The number of para-hydroxylation sites is 2. The highest BCUT2D eigenvalue weighted by Crippen LogP contribution is 2.44. The predicted molar refractivity (Wildman–Crippen MR) is 133 cm³/mol. The number of benzene rings is 3. The largest absolute Gasteiger partial charge is 0.457 e. The molecule has 3 aromatic carbocycles. The average Bonchev–Trinajstić information content (AvgIpc) is 3.27. The third-order valence-electron chi connectivity index (χ3n) is 6.60. The Bertz CT molecular complexity index is 1330. The first kappa shape index (κ1) is 20.2. The molecule has 2 aliphatic heterocycles. The zero-order valence-electron chi connectivity index (χ0n) is 18.7. The van der Waals surface area contributed by atoms with Crippen LogP contribution in [0.3, 0.4) is 0 Å². The first-order valence-corrected chi connectivity index (χ1v) is 12.2. The van der Waals surface area contributed by atoms with Gasteiger partial charge in [-0.15, -0.1) is 0 Å². The molecule has 1 saturated heterocycles. The molecular formula is C27H25N3O2S. The maximum Gasteiger partial charge on any atom is 0.234 e. The highest BCUT2D eigenvalue weighted by atomic mass is 32.1. The first-order valence-electron chi connectivity index (χ1n) is 11.4. The summed E-state index contributed by atoms with van der Waals surface area (Å²) in [4.78, 5) is 23.0. The van der Waals surface area contributed by atoms with Gasteiger partial charge in [-0.05, 0) is 43.2 Å². The Balaban J connectivity index is 1.24. The molecule has 0 saturated carbocycles. The number of rotatable bonds is 2. The van der Waals surface area contributed by atoms with Crippen molar-refractivity contribution >= 4 is 32.6 Å². The van der Waals surface area contributed by atoms with E-state index in [0.29, 0.717) is 13.1 Å². The second-order valence-corrected chi connectivity index (χ2v) is 9.83. The SMILES string of the molecule is Cc1cc(C)c2sc(N3CCN(C(=O)C4c5ccccc5Oc5ccccc54)CC3)nc2c1. The predicted octanol–water partition coefficient (Wildman–Crippen LogP) is 5.50. The Hall–Kier alpha value is -3.38. The van der Waals surface area contributed by atoms with Gasteiger partial charge in [-0.2, -0.15) is 0 Å². The van der Waals surface area contributed by atoms with Gasteiger partial charge < -0.3 is 14.5 Å². The first-order chi connectivity index (χ1) is 16.1. The quantitative estimate of drug-likeness (QED) is 0.400. The van der Waals surface area contributed by atoms with Crippen molar-refractivity contribution in [3.05, 3.63) is 82.9 Å². The van der Waals surface area contributed by atoms with Gasteiger partial charge >= 0.3 is 0 Å². The maximum atomic E-state index is 13.8. The number of hydrogen-bond acceptors (Lipinski definition) is 5. The minimum Gasteiger partial charge on any atom is -0.457 e. The maximum absolute atomic E-state index is 13.8. The average molecular weight is 456 g/mol. The second kappa shape index (κ2) is 7.89. The Labute approximate surface area is 197 Å². The van der Waals surface area contributed by atoms with Crippen LogP contribution in [0.5, 0.6) is 11.5 Å². The molecule has 0 bridgehead atoms. The molecule has 4 aromatic rings. The van der Waals surface area contributed by atoms with Crippen LogP contribution in [0.4, 0.5) is 5.13 Å². The molecule has 3 heterocycles. The molecule has 6 heteroatoms. The van der Waals surface area contributed by atoms with Gasteiger partial charge in [0.05, 0.1) is 16.1 Å². The number of anilines is 1. The fourth-order valence-corrected chi connectivity index (χ4v) is 6.04. The second-order valence-electron chi connectivity index (χ2n) is 8.85. The van der Waals surface area contributed by atoms with E-state index in [1.165, 1.54) is 15.8 Å². The molecule has 166 valence electrons. The van der Waals surface area contributed by atoms with Gasteiger partial charge in [0.15, 0.2) is 5.13 Å². The van der Waals surface area contributed by atoms with Crippen LogP contribution in [0.1, 0.15) is 28.2 Å². The van der Waals surface area contributed by atoms with Crippen LogP contribution in [0, 0.1) is 13.8 Å². The number of carbonyl (C=O) groups excluding carboxylic acids is 1. The molecule has 0 unspecified atom stereocenters. The number of fused-ring (bicyclic) bond motifs is 3. The van der Waals surface area contributed by atoms with Crippen LogP contribution in [0.15, 0.2) is 60.7 Å². The third kappa shape index (κ3) is 3.45. The smallest absolute Gasteiger partial charge is 0.234 e. The van der Waals surface area contributed by atoms with Gasteiger partial charge in [0.25, 0.3) is 0 Å². The highest BCUT2D eigenvalue weighted by Gasteiger charge is 2.36. The Morgan fingerprint density at radius 3 is 2.24 bits per heavy atom. The van der Waals surface area contributed by atoms with Gasteiger partial charge in [0.2, 0.25) is 5.91 Å². The van der Waals surface area contributed by atoms with Crippen molar-refractivity contribution in [2.75, 3.05) is 31.1 Å². The number of aromatic nitrogens is 1. The van der Waals surface area contributed by atoms with Crippen LogP contribution in [-0.2, 0) is 4.79 Å². The molecule has 0 aliphatic carbocycles. The Kier molecular flexibility index (Phi) is 4.84. The summed E-state index contributed by atoms with van der Waals surface area (Å²) in [6.45, 7) is 7.22. The minimum atomic E-state index is -0.328. The molecule has 33 heavy (non-hydrogen) atoms. The molecule has 2 aliphatic rings. The number of aryl methyl sites for hydroxylation is 2. The molecule has 0 radical (unpaired) electrons. The molecule has 6 rings (SSSR count). The zero-order chi connectivity index (χ0) is 22.5. The summed E-state index contributed by atoms with van der Waals surface area (Å²) in [6.07, 6.45) is 0. The number of hydrogen-bond donors (Lipinski definition) is 0. The van der Waals surface area contributed by atoms with Crippen LogP contribution >= 0.6 is 11.3 Å². The van der Waals surface area contributed by atoms with E-state index in [0.717, 1.165) is 46.4 Å². The molecular weight excluding hydrogens is 430 g/mol. The van der Waals surface area contributed by atoms with E-state index in [-0.39, 0.29) is 11.8 Å². The monoisotopic (exact) mass is 455 g/mol. The van der Waals surface area contributed by atoms with E-state index in [1.807, 2.05) is 53.4 Å². The third-order valence-corrected chi connectivity index (χ3v) is 7.86. The van der Waals surface area contributed by atoms with Crippen LogP contribution < -0.4 is 9.64 Å². The standard InChI is InChI=1S/C27H25N3O2S/c1-17-15-18(2)25-21(16-17)28-27(33-25)30-13-11-29(12-14-30)26(31)24-19-7-3-5-9-22(19)32-23-10-6-4-8-20(23)24/h3-10,15-16,24H,11-14H2,1-2H3. The molecule has 0 spiro atoms. The minimum absolute atomic E-state index is 0.147. The lowest BCUT2D eigenvalue weighted by atomic mass is 9.86. The van der Waals surface area contributed by atoms with E-state index >= 15 is 0 Å². The molecule has 0 N–H and O–H groups in total. The van der Waals surface area contributed by atoms with E-state index in [2.05, 4.69) is 30.9 Å². The van der Waals surface area contributed by atoms with Crippen molar-refractivity contribution in [3.8, 4) is 11.5 Å². The highest BCUT2D eigenvalue weighted by molar-refractivity contribution is 7.22. The molecule has 0 atom stereocenters. The van der Waals surface area contributed by atoms with Crippen molar-refractivity contribution in [1.82, 2.24) is 9.88 Å². The van der Waals surface area contributed by atoms with Gasteiger partial charge in [-0.25, -0.2) is 4.98 Å².